The van der Waals surface area contributed by atoms with Crippen molar-refractivity contribution in [2.45, 2.75) is 26.7 Å². The number of hydrogen-bond acceptors (Lipinski definition) is 2. The molecule has 0 saturated heterocycles. The molecular weight excluding hydrogens is 262 g/mol. The van der Waals surface area contributed by atoms with Gasteiger partial charge in [-0.15, -0.1) is 0 Å². The van der Waals surface area contributed by atoms with Crippen LogP contribution in [0.4, 0.5) is 5.69 Å². The predicted molar refractivity (Wildman–Crippen MR) is 80.9 cm³/mol. The first-order valence-corrected chi connectivity index (χ1v) is 6.91. The summed E-state index contributed by atoms with van der Waals surface area (Å²) in [6, 6.07) is 5.64. The van der Waals surface area contributed by atoms with Crippen molar-refractivity contribution in [3.05, 3.63) is 34.9 Å². The number of carboxylic acid groups (broad SMARTS) is 1. The molecule has 0 aromatic heterocycles. The van der Waals surface area contributed by atoms with Gasteiger partial charge < -0.3 is 10.0 Å². The van der Waals surface area contributed by atoms with Crippen LogP contribution in [0.2, 0.25) is 5.02 Å². The van der Waals surface area contributed by atoms with Gasteiger partial charge in [0, 0.05) is 19.2 Å². The molecule has 0 fully saturated rings. The Balaban J connectivity index is 2.94. The second-order valence-corrected chi connectivity index (χ2v) is 4.78. The van der Waals surface area contributed by atoms with E-state index in [1.807, 2.05) is 12.1 Å². The van der Waals surface area contributed by atoms with Gasteiger partial charge in [0.05, 0.1) is 10.7 Å². The van der Waals surface area contributed by atoms with E-state index in [1.54, 1.807) is 12.1 Å². The molecule has 0 aliphatic heterocycles. The molecule has 19 heavy (non-hydrogen) atoms. The lowest BCUT2D eigenvalue weighted by molar-refractivity contribution is -0.131. The van der Waals surface area contributed by atoms with Crippen LogP contribution in [0, 0.1) is 0 Å². The number of rotatable bonds is 7. The predicted octanol–water partition coefficient (Wildman–Crippen LogP) is 4.06. The van der Waals surface area contributed by atoms with Crippen LogP contribution in [0.1, 0.15) is 32.3 Å². The first-order valence-electron chi connectivity index (χ1n) is 6.54. The van der Waals surface area contributed by atoms with Crippen LogP contribution < -0.4 is 4.90 Å². The monoisotopic (exact) mass is 281 g/mol. The number of halogens is 1. The minimum absolute atomic E-state index is 0.662. The number of anilines is 1. The van der Waals surface area contributed by atoms with Gasteiger partial charge >= 0.3 is 5.97 Å². The first kappa shape index (κ1) is 15.6. The summed E-state index contributed by atoms with van der Waals surface area (Å²) in [4.78, 5) is 12.7. The molecule has 0 amide bonds. The van der Waals surface area contributed by atoms with Gasteiger partial charge in [-0.25, -0.2) is 4.79 Å². The minimum Gasteiger partial charge on any atom is -0.478 e. The zero-order chi connectivity index (χ0) is 14.3. The number of benzene rings is 1. The summed E-state index contributed by atoms with van der Waals surface area (Å²) in [6.45, 7) is 6.22. The van der Waals surface area contributed by atoms with Crippen molar-refractivity contribution in [3.63, 3.8) is 0 Å². The fourth-order valence-corrected chi connectivity index (χ4v) is 2.25. The fraction of sp³-hybridized carbons (Fsp3) is 0.400. The number of aliphatic carboxylic acids is 1. The summed E-state index contributed by atoms with van der Waals surface area (Å²) >= 11 is 6.29. The van der Waals surface area contributed by atoms with Crippen molar-refractivity contribution in [1.29, 1.82) is 0 Å². The molecule has 0 heterocycles. The Hall–Kier alpha value is -1.48. The molecule has 0 atom stereocenters. The highest BCUT2D eigenvalue weighted by atomic mass is 35.5. The highest BCUT2D eigenvalue weighted by molar-refractivity contribution is 6.33. The molecule has 0 aliphatic rings. The van der Waals surface area contributed by atoms with Gasteiger partial charge in [0.15, 0.2) is 0 Å². The van der Waals surface area contributed by atoms with E-state index in [0.717, 1.165) is 43.3 Å². The topological polar surface area (TPSA) is 40.5 Å². The quantitative estimate of drug-likeness (QED) is 0.766. The second kappa shape index (κ2) is 7.85. The number of carbonyl (C=O) groups is 1. The van der Waals surface area contributed by atoms with Crippen molar-refractivity contribution in [1.82, 2.24) is 0 Å². The molecule has 0 radical (unpaired) electrons. The van der Waals surface area contributed by atoms with Crippen molar-refractivity contribution < 1.29 is 9.90 Å². The molecule has 4 heteroatoms. The van der Waals surface area contributed by atoms with Crippen LogP contribution in [-0.4, -0.2) is 24.2 Å². The van der Waals surface area contributed by atoms with E-state index in [-0.39, 0.29) is 0 Å². The van der Waals surface area contributed by atoms with E-state index in [0.29, 0.717) is 5.02 Å². The third-order valence-electron chi connectivity index (χ3n) is 2.72. The van der Waals surface area contributed by atoms with E-state index in [1.165, 1.54) is 0 Å². The molecule has 104 valence electrons. The fourth-order valence-electron chi connectivity index (χ4n) is 1.94. The molecule has 0 saturated carbocycles. The Kier molecular flexibility index (Phi) is 6.43. The van der Waals surface area contributed by atoms with E-state index in [2.05, 4.69) is 18.7 Å². The molecule has 1 aromatic carbocycles. The van der Waals surface area contributed by atoms with E-state index >= 15 is 0 Å². The average Bonchev–Trinajstić information content (AvgIpc) is 2.36. The van der Waals surface area contributed by atoms with Gasteiger partial charge in [-0.3, -0.25) is 0 Å². The van der Waals surface area contributed by atoms with Crippen LogP contribution in [0.3, 0.4) is 0 Å². The summed E-state index contributed by atoms with van der Waals surface area (Å²) in [6.07, 6.45) is 4.79. The number of carboxylic acids is 1. The van der Waals surface area contributed by atoms with E-state index < -0.39 is 5.97 Å². The highest BCUT2D eigenvalue weighted by Crippen LogP contribution is 2.27. The lowest BCUT2D eigenvalue weighted by Gasteiger charge is -2.25. The van der Waals surface area contributed by atoms with Crippen LogP contribution in [-0.2, 0) is 4.79 Å². The van der Waals surface area contributed by atoms with Crippen molar-refractivity contribution in [2.24, 2.45) is 0 Å². The average molecular weight is 282 g/mol. The first-order chi connectivity index (χ1) is 9.08. The molecule has 0 spiro atoms. The number of hydrogen-bond donors (Lipinski definition) is 1. The zero-order valence-electron chi connectivity index (χ0n) is 11.4. The molecule has 1 aromatic rings. The third kappa shape index (κ3) is 4.95. The summed E-state index contributed by atoms with van der Waals surface area (Å²) in [7, 11) is 0. The van der Waals surface area contributed by atoms with Gasteiger partial charge in [-0.05, 0) is 36.6 Å². The Morgan fingerprint density at radius 1 is 1.32 bits per heavy atom. The van der Waals surface area contributed by atoms with Gasteiger partial charge in [0.25, 0.3) is 0 Å². The Labute approximate surface area is 119 Å². The largest absolute Gasteiger partial charge is 0.478 e. The smallest absolute Gasteiger partial charge is 0.328 e. The lowest BCUT2D eigenvalue weighted by Crippen LogP contribution is -2.25. The number of nitrogens with zero attached hydrogens (tertiary/aromatic N) is 1. The Morgan fingerprint density at radius 3 is 2.42 bits per heavy atom. The SMILES string of the molecule is CCCN(CCC)c1ccc(/C=C/C(=O)O)cc1Cl. The van der Waals surface area contributed by atoms with E-state index in [9.17, 15) is 4.79 Å². The van der Waals surface area contributed by atoms with Crippen molar-refractivity contribution >= 4 is 29.3 Å². The van der Waals surface area contributed by atoms with Crippen LogP contribution in [0.25, 0.3) is 6.08 Å². The molecule has 1 N–H and O–H groups in total. The van der Waals surface area contributed by atoms with Crippen LogP contribution >= 0.6 is 11.6 Å². The van der Waals surface area contributed by atoms with Crippen LogP contribution in [0.5, 0.6) is 0 Å². The molecule has 0 aliphatic carbocycles. The maximum atomic E-state index is 10.5. The van der Waals surface area contributed by atoms with Gasteiger partial charge in [-0.2, -0.15) is 0 Å². The summed E-state index contributed by atoms with van der Waals surface area (Å²) < 4.78 is 0. The van der Waals surface area contributed by atoms with Crippen LogP contribution in [0.15, 0.2) is 24.3 Å². The highest BCUT2D eigenvalue weighted by Gasteiger charge is 2.08. The molecule has 1 rings (SSSR count). The standard InChI is InChI=1S/C15H20ClNO2/c1-3-9-17(10-4-2)14-7-5-12(11-13(14)16)6-8-15(18)19/h5-8,11H,3-4,9-10H2,1-2H3,(H,18,19)/b8-6+. The molecule has 0 bridgehead atoms. The van der Waals surface area contributed by atoms with Crippen molar-refractivity contribution in [3.8, 4) is 0 Å². The summed E-state index contributed by atoms with van der Waals surface area (Å²) in [5.41, 5.74) is 1.81. The maximum Gasteiger partial charge on any atom is 0.328 e. The zero-order valence-corrected chi connectivity index (χ0v) is 12.2. The van der Waals surface area contributed by atoms with E-state index in [4.69, 9.17) is 16.7 Å². The van der Waals surface area contributed by atoms with Gasteiger partial charge in [0.2, 0.25) is 0 Å². The minimum atomic E-state index is -0.959. The normalized spacial score (nSPS) is 10.9. The second-order valence-electron chi connectivity index (χ2n) is 4.37. The Bertz CT molecular complexity index is 451. The third-order valence-corrected chi connectivity index (χ3v) is 3.02. The molecule has 3 nitrogen and oxygen atoms in total. The van der Waals surface area contributed by atoms with Gasteiger partial charge in [-0.1, -0.05) is 31.5 Å². The van der Waals surface area contributed by atoms with Gasteiger partial charge in [0.1, 0.15) is 0 Å². The summed E-state index contributed by atoms with van der Waals surface area (Å²) in [5.74, 6) is -0.959. The van der Waals surface area contributed by atoms with Crippen molar-refractivity contribution in [2.75, 3.05) is 18.0 Å². The summed E-state index contributed by atoms with van der Waals surface area (Å²) in [5, 5.41) is 9.26. The maximum absolute atomic E-state index is 10.5. The lowest BCUT2D eigenvalue weighted by atomic mass is 10.1. The molecular formula is C15H20ClNO2. The molecule has 0 unspecified atom stereocenters. The Morgan fingerprint density at radius 2 is 1.95 bits per heavy atom.